The predicted molar refractivity (Wildman–Crippen MR) is 161 cm³/mol. The lowest BCUT2D eigenvalue weighted by Crippen LogP contribution is -1.59. The second-order valence-electron chi connectivity index (χ2n) is 5.66. The van der Waals surface area contributed by atoms with Gasteiger partial charge >= 0.3 is 0 Å². The van der Waals surface area contributed by atoms with E-state index >= 15 is 0 Å². The van der Waals surface area contributed by atoms with Crippen molar-refractivity contribution < 1.29 is 0 Å². The third-order valence-corrected chi connectivity index (χ3v) is 2.74. The Labute approximate surface area is 209 Å². The van der Waals surface area contributed by atoms with Gasteiger partial charge in [0.2, 0.25) is 0 Å². The number of hydrogen-bond donors (Lipinski definition) is 0. The summed E-state index contributed by atoms with van der Waals surface area (Å²) in [6.45, 7) is 29.1. The Hall–Kier alpha value is -1.30. The molecule has 0 aromatic heterocycles. The Morgan fingerprint density at radius 3 is 0.656 bits per heavy atom. The van der Waals surface area contributed by atoms with Gasteiger partial charge in [0.25, 0.3) is 0 Å². The van der Waals surface area contributed by atoms with Gasteiger partial charge in [-0.3, -0.25) is 0 Å². The molecule has 0 amide bonds. The molecule has 0 radical (unpaired) electrons. The second-order valence-corrected chi connectivity index (χ2v) is 5.66. The summed E-state index contributed by atoms with van der Waals surface area (Å²) in [7, 11) is 0. The number of unbranched alkanes of at least 4 members (excludes halogenated alkanes) is 4. The van der Waals surface area contributed by atoms with Crippen molar-refractivity contribution in [3.8, 4) is 0 Å². The molecule has 0 atom stereocenters. The summed E-state index contributed by atoms with van der Waals surface area (Å²) in [5.41, 5.74) is 0. The van der Waals surface area contributed by atoms with E-state index in [4.69, 9.17) is 0 Å². The molecule has 0 saturated carbocycles. The average molecular weight is 453 g/mol. The lowest BCUT2D eigenvalue weighted by Gasteiger charge is -1.79. The molecule has 0 nitrogen and oxygen atoms in total. The van der Waals surface area contributed by atoms with Gasteiger partial charge in [-0.25, -0.2) is 0 Å². The molecule has 0 N–H and O–H groups in total. The van der Waals surface area contributed by atoms with Gasteiger partial charge in [0.1, 0.15) is 0 Å². The molecule has 1 aliphatic rings. The SMILES string of the molecule is C1=CCC=C1.CC.CC.CC.CC.CCC.CCCCC.CCCCC.c1ccccc1. The molecule has 1 aliphatic carbocycles. The van der Waals surface area contributed by atoms with E-state index in [1.165, 1.54) is 44.9 Å². The molecular weight excluding hydrogens is 384 g/mol. The van der Waals surface area contributed by atoms with Gasteiger partial charge in [-0.05, 0) is 6.42 Å². The topological polar surface area (TPSA) is 0 Å². The Bertz CT molecular complexity index is 261. The second kappa shape index (κ2) is 87.7. The molecule has 32 heavy (non-hydrogen) atoms. The molecule has 0 heteroatoms. The van der Waals surface area contributed by atoms with Crippen LogP contribution in [0, 0.1) is 0 Å². The van der Waals surface area contributed by atoms with Crippen LogP contribution in [0.2, 0.25) is 0 Å². The maximum absolute atomic E-state index is 2.21. The van der Waals surface area contributed by atoms with Crippen LogP contribution in [0.3, 0.4) is 0 Å². The fourth-order valence-electron chi connectivity index (χ4n) is 1.48. The summed E-state index contributed by atoms with van der Waals surface area (Å²) in [6, 6.07) is 12.0. The molecule has 196 valence electrons. The first-order chi connectivity index (χ1) is 15.7. The maximum Gasteiger partial charge on any atom is -0.0163 e. The Morgan fingerprint density at radius 2 is 0.594 bits per heavy atom. The van der Waals surface area contributed by atoms with Gasteiger partial charge in [-0.2, -0.15) is 0 Å². The van der Waals surface area contributed by atoms with Gasteiger partial charge < -0.3 is 0 Å². The van der Waals surface area contributed by atoms with Crippen molar-refractivity contribution in [3.63, 3.8) is 0 Å². The first-order valence-electron chi connectivity index (χ1n) is 14.1. The summed E-state index contributed by atoms with van der Waals surface area (Å²) in [5, 5.41) is 0. The number of hydrogen-bond acceptors (Lipinski definition) is 0. The van der Waals surface area contributed by atoms with Crippen molar-refractivity contribution in [1.82, 2.24) is 0 Å². The fourth-order valence-corrected chi connectivity index (χ4v) is 1.48. The van der Waals surface area contributed by atoms with Crippen LogP contribution >= 0.6 is 0 Å². The van der Waals surface area contributed by atoms with Gasteiger partial charge in [-0.1, -0.05) is 203 Å². The smallest absolute Gasteiger partial charge is 0.0163 e. The van der Waals surface area contributed by atoms with Crippen molar-refractivity contribution in [2.45, 2.75) is 148 Å². The lowest BCUT2D eigenvalue weighted by molar-refractivity contribution is 0.772. The highest BCUT2D eigenvalue weighted by Crippen LogP contribution is 1.93. The lowest BCUT2D eigenvalue weighted by atomic mass is 10.3. The van der Waals surface area contributed by atoms with E-state index in [2.05, 4.69) is 65.8 Å². The quantitative estimate of drug-likeness (QED) is 0.426. The molecule has 0 bridgehead atoms. The highest BCUT2D eigenvalue weighted by atomic mass is 13.8. The van der Waals surface area contributed by atoms with Gasteiger partial charge in [-0.15, -0.1) is 0 Å². The van der Waals surface area contributed by atoms with Crippen LogP contribution in [0.25, 0.3) is 0 Å². The van der Waals surface area contributed by atoms with Crippen LogP contribution in [0.5, 0.6) is 0 Å². The van der Waals surface area contributed by atoms with Gasteiger partial charge in [0.15, 0.2) is 0 Å². The minimum atomic E-state index is 1.14. The molecule has 1 aromatic carbocycles. The zero-order valence-electron chi connectivity index (χ0n) is 25.4. The largest absolute Gasteiger partial charge is 0.0808 e. The molecule has 0 saturated heterocycles. The van der Waals surface area contributed by atoms with Gasteiger partial charge in [0.05, 0.1) is 0 Å². The summed E-state index contributed by atoms with van der Waals surface area (Å²) in [5.74, 6) is 0. The molecule has 1 aromatic rings. The van der Waals surface area contributed by atoms with E-state index < -0.39 is 0 Å². The third-order valence-electron chi connectivity index (χ3n) is 2.74. The van der Waals surface area contributed by atoms with E-state index in [0.29, 0.717) is 0 Å². The van der Waals surface area contributed by atoms with E-state index in [-0.39, 0.29) is 0 Å². The highest BCUT2D eigenvalue weighted by Gasteiger charge is 1.72. The van der Waals surface area contributed by atoms with Crippen LogP contribution in [-0.4, -0.2) is 0 Å². The van der Waals surface area contributed by atoms with Crippen molar-refractivity contribution in [2.75, 3.05) is 0 Å². The Kier molecular flexibility index (Phi) is 132. The van der Waals surface area contributed by atoms with Crippen molar-refractivity contribution in [1.29, 1.82) is 0 Å². The van der Waals surface area contributed by atoms with E-state index in [0.717, 1.165) is 6.42 Å². The summed E-state index contributed by atoms with van der Waals surface area (Å²) in [4.78, 5) is 0. The third kappa shape index (κ3) is 117. The minimum absolute atomic E-state index is 1.14. The normalized spacial score (nSPS) is 8.19. The van der Waals surface area contributed by atoms with Crippen molar-refractivity contribution in [2.24, 2.45) is 0 Å². The summed E-state index contributed by atoms with van der Waals surface area (Å²) < 4.78 is 0. The van der Waals surface area contributed by atoms with Crippen molar-refractivity contribution in [3.05, 3.63) is 60.7 Å². The number of allylic oxidation sites excluding steroid dienone is 4. The molecule has 0 fully saturated rings. The van der Waals surface area contributed by atoms with E-state index in [1.54, 1.807) is 0 Å². The molecule has 2 rings (SSSR count). The molecule has 0 spiro atoms. The van der Waals surface area contributed by atoms with Gasteiger partial charge in [0, 0.05) is 0 Å². The fraction of sp³-hybridized carbons (Fsp3) is 0.688. The predicted octanol–water partition coefficient (Wildman–Crippen LogP) is 13.1. The van der Waals surface area contributed by atoms with Crippen LogP contribution in [-0.2, 0) is 0 Å². The minimum Gasteiger partial charge on any atom is -0.0808 e. The summed E-state index contributed by atoms with van der Waals surface area (Å²) in [6.07, 6.45) is 18.9. The van der Waals surface area contributed by atoms with Crippen LogP contribution < -0.4 is 0 Å². The number of benzene rings is 1. The molecule has 0 heterocycles. The average Bonchev–Trinajstić information content (AvgIpc) is 3.48. The first-order valence-corrected chi connectivity index (χ1v) is 14.1. The van der Waals surface area contributed by atoms with Crippen LogP contribution in [0.1, 0.15) is 148 Å². The molecule has 0 unspecified atom stereocenters. The highest BCUT2D eigenvalue weighted by molar-refractivity contribution is 5.12. The zero-order valence-corrected chi connectivity index (χ0v) is 25.4. The number of rotatable bonds is 4. The summed E-state index contributed by atoms with van der Waals surface area (Å²) >= 11 is 0. The van der Waals surface area contributed by atoms with E-state index in [9.17, 15) is 0 Å². The molecular formula is C32H68. The van der Waals surface area contributed by atoms with Crippen LogP contribution in [0.4, 0.5) is 0 Å². The first kappa shape index (κ1) is 48.2. The standard InChI is InChI=1S/C6H6.C5H6.2C5H12.C3H8.4C2H6/c1-2-4-6-5-3-1;1-2-4-5-3-1;2*1-3-5-4-2;1-3-2;4*1-2/h1-6H;1-4H,5H2;2*3-5H2,1-2H3;3H2,1-2H3;4*1-2H3. The Balaban J connectivity index is -0.0000000457. The van der Waals surface area contributed by atoms with Crippen molar-refractivity contribution >= 4 is 0 Å². The zero-order chi connectivity index (χ0) is 26.7. The monoisotopic (exact) mass is 453 g/mol. The molecule has 0 aliphatic heterocycles. The van der Waals surface area contributed by atoms with E-state index in [1.807, 2.05) is 91.8 Å². The Morgan fingerprint density at radius 1 is 0.406 bits per heavy atom. The van der Waals surface area contributed by atoms with Crippen LogP contribution in [0.15, 0.2) is 60.7 Å². The maximum atomic E-state index is 2.21.